The van der Waals surface area contributed by atoms with Crippen molar-refractivity contribution in [1.29, 1.82) is 0 Å². The van der Waals surface area contributed by atoms with Gasteiger partial charge in [0.25, 0.3) is 0 Å². The fraction of sp³-hybridized carbons (Fsp3) is 0.533. The molecular formula is C15H24Cl3N3O. The predicted molar refractivity (Wildman–Crippen MR) is 97.6 cm³/mol. The minimum atomic E-state index is -0.392. The topological polar surface area (TPSA) is 49.6 Å². The smallest absolute Gasteiger partial charge is 0.239 e. The highest BCUT2D eigenvalue weighted by Crippen LogP contribution is 2.19. The third-order valence-electron chi connectivity index (χ3n) is 3.79. The molecule has 0 aromatic heterocycles. The van der Waals surface area contributed by atoms with Crippen molar-refractivity contribution < 1.29 is 4.79 Å². The molecule has 0 unspecified atom stereocenters. The Balaban J connectivity index is 0.00000220. The van der Waals surface area contributed by atoms with Gasteiger partial charge in [-0.15, -0.1) is 24.8 Å². The highest BCUT2D eigenvalue weighted by Gasteiger charge is 2.26. The molecule has 0 radical (unpaired) electrons. The number of rotatable bonds is 3. The van der Waals surface area contributed by atoms with Crippen LogP contribution in [0, 0.1) is 5.92 Å². The Morgan fingerprint density at radius 1 is 1.09 bits per heavy atom. The maximum atomic E-state index is 12.2. The highest BCUT2D eigenvalue weighted by atomic mass is 35.5. The molecule has 1 aromatic carbocycles. The predicted octanol–water partition coefficient (Wildman–Crippen LogP) is 2.82. The summed E-state index contributed by atoms with van der Waals surface area (Å²) < 4.78 is 0. The summed E-state index contributed by atoms with van der Waals surface area (Å²) in [5, 5.41) is 0.741. The fourth-order valence-electron chi connectivity index (χ4n) is 2.33. The zero-order valence-electron chi connectivity index (χ0n) is 12.9. The van der Waals surface area contributed by atoms with Gasteiger partial charge >= 0.3 is 0 Å². The minimum absolute atomic E-state index is 0. The molecule has 1 saturated heterocycles. The Kier molecular flexibility index (Phi) is 9.16. The van der Waals surface area contributed by atoms with Crippen LogP contribution in [0.25, 0.3) is 0 Å². The molecule has 1 fully saturated rings. The number of carbonyl (C=O) groups is 1. The zero-order chi connectivity index (χ0) is 14.7. The normalized spacial score (nSPS) is 15.9. The van der Waals surface area contributed by atoms with Crippen LogP contribution in [0.2, 0.25) is 5.02 Å². The summed E-state index contributed by atoms with van der Waals surface area (Å²) in [5.41, 5.74) is 7.08. The number of hydrogen-bond donors (Lipinski definition) is 1. The maximum absolute atomic E-state index is 12.2. The van der Waals surface area contributed by atoms with Crippen LogP contribution >= 0.6 is 36.4 Å². The fourth-order valence-corrected chi connectivity index (χ4v) is 2.46. The van der Waals surface area contributed by atoms with Gasteiger partial charge in [0.2, 0.25) is 5.91 Å². The lowest BCUT2D eigenvalue weighted by atomic mass is 10.0. The van der Waals surface area contributed by atoms with E-state index < -0.39 is 6.04 Å². The van der Waals surface area contributed by atoms with Crippen molar-refractivity contribution in [2.75, 3.05) is 31.1 Å². The minimum Gasteiger partial charge on any atom is -0.368 e. The molecule has 1 aliphatic rings. The first-order valence-corrected chi connectivity index (χ1v) is 7.41. The molecule has 2 rings (SSSR count). The Morgan fingerprint density at radius 2 is 1.59 bits per heavy atom. The Labute approximate surface area is 149 Å². The third kappa shape index (κ3) is 5.20. The molecule has 0 saturated carbocycles. The van der Waals surface area contributed by atoms with Gasteiger partial charge in [-0.25, -0.2) is 0 Å². The van der Waals surface area contributed by atoms with E-state index in [-0.39, 0.29) is 36.6 Å². The summed E-state index contributed by atoms with van der Waals surface area (Å²) in [6.07, 6.45) is 0. The van der Waals surface area contributed by atoms with Gasteiger partial charge in [-0.2, -0.15) is 0 Å². The largest absolute Gasteiger partial charge is 0.368 e. The van der Waals surface area contributed by atoms with Gasteiger partial charge in [-0.05, 0) is 30.2 Å². The van der Waals surface area contributed by atoms with Crippen molar-refractivity contribution >= 4 is 48.0 Å². The molecule has 7 heteroatoms. The first-order chi connectivity index (χ1) is 9.49. The summed E-state index contributed by atoms with van der Waals surface area (Å²) in [5.74, 6) is 0.243. The molecule has 2 N–H and O–H groups in total. The van der Waals surface area contributed by atoms with E-state index in [1.54, 1.807) is 0 Å². The van der Waals surface area contributed by atoms with Gasteiger partial charge < -0.3 is 15.5 Å². The van der Waals surface area contributed by atoms with Crippen LogP contribution in [0.15, 0.2) is 24.3 Å². The van der Waals surface area contributed by atoms with E-state index in [1.165, 1.54) is 0 Å². The van der Waals surface area contributed by atoms with E-state index in [2.05, 4.69) is 4.90 Å². The van der Waals surface area contributed by atoms with Crippen LogP contribution in [0.5, 0.6) is 0 Å². The number of halogens is 3. The number of nitrogens with two attached hydrogens (primary N) is 1. The Hall–Kier alpha value is -0.680. The van der Waals surface area contributed by atoms with Gasteiger partial charge in [0.05, 0.1) is 6.04 Å². The molecule has 1 atom stereocenters. The van der Waals surface area contributed by atoms with Gasteiger partial charge in [0.1, 0.15) is 0 Å². The van der Waals surface area contributed by atoms with Crippen molar-refractivity contribution in [2.45, 2.75) is 19.9 Å². The molecule has 126 valence electrons. The molecule has 1 aromatic rings. The molecule has 1 heterocycles. The summed E-state index contributed by atoms with van der Waals surface area (Å²) in [7, 11) is 0. The van der Waals surface area contributed by atoms with Crippen molar-refractivity contribution in [1.82, 2.24) is 4.90 Å². The summed E-state index contributed by atoms with van der Waals surface area (Å²) in [6.45, 7) is 7.07. The Morgan fingerprint density at radius 3 is 2.05 bits per heavy atom. The van der Waals surface area contributed by atoms with Crippen LogP contribution in [0.4, 0.5) is 5.69 Å². The molecule has 22 heavy (non-hydrogen) atoms. The second-order valence-electron chi connectivity index (χ2n) is 5.56. The molecular weight excluding hydrogens is 345 g/mol. The van der Waals surface area contributed by atoms with Crippen molar-refractivity contribution in [3.8, 4) is 0 Å². The molecule has 1 aliphatic heterocycles. The standard InChI is InChI=1S/C15H22ClN3O.2ClH/c1-11(2)14(17)15(20)19-9-7-18(8-10-19)13-5-3-12(16)4-6-13;;/h3-6,11,14H,7-10,17H2,1-2H3;2*1H/t14-;;/m0../s1. The van der Waals surface area contributed by atoms with Crippen LogP contribution in [0.3, 0.4) is 0 Å². The number of nitrogens with zero attached hydrogens (tertiary/aromatic N) is 2. The number of amides is 1. The van der Waals surface area contributed by atoms with Crippen molar-refractivity contribution in [3.05, 3.63) is 29.3 Å². The lowest BCUT2D eigenvalue weighted by Gasteiger charge is -2.37. The van der Waals surface area contributed by atoms with Gasteiger partial charge in [-0.1, -0.05) is 25.4 Å². The van der Waals surface area contributed by atoms with E-state index in [1.807, 2.05) is 43.0 Å². The molecule has 0 aliphatic carbocycles. The number of anilines is 1. The molecule has 0 spiro atoms. The van der Waals surface area contributed by atoms with Crippen molar-refractivity contribution in [3.63, 3.8) is 0 Å². The number of piperazine rings is 1. The SMILES string of the molecule is CC(C)[C@H](N)C(=O)N1CCN(c2ccc(Cl)cc2)CC1.Cl.Cl. The van der Waals surface area contributed by atoms with Crippen LogP contribution in [-0.4, -0.2) is 43.0 Å². The monoisotopic (exact) mass is 367 g/mol. The van der Waals surface area contributed by atoms with Gasteiger partial charge in [0.15, 0.2) is 0 Å². The number of carbonyl (C=O) groups excluding carboxylic acids is 1. The molecule has 4 nitrogen and oxygen atoms in total. The number of benzene rings is 1. The highest BCUT2D eigenvalue weighted by molar-refractivity contribution is 6.30. The van der Waals surface area contributed by atoms with E-state index in [4.69, 9.17) is 17.3 Å². The first kappa shape index (κ1) is 21.3. The quantitative estimate of drug-likeness (QED) is 0.892. The summed E-state index contributed by atoms with van der Waals surface area (Å²) in [4.78, 5) is 16.3. The van der Waals surface area contributed by atoms with Crippen LogP contribution in [0.1, 0.15) is 13.8 Å². The summed E-state index contributed by atoms with van der Waals surface area (Å²) >= 11 is 5.89. The maximum Gasteiger partial charge on any atom is 0.239 e. The first-order valence-electron chi connectivity index (χ1n) is 7.04. The molecule has 0 bridgehead atoms. The van der Waals surface area contributed by atoms with Crippen LogP contribution < -0.4 is 10.6 Å². The zero-order valence-corrected chi connectivity index (χ0v) is 15.3. The van der Waals surface area contributed by atoms with Crippen molar-refractivity contribution in [2.24, 2.45) is 11.7 Å². The lowest BCUT2D eigenvalue weighted by molar-refractivity contribution is -0.133. The van der Waals surface area contributed by atoms with E-state index >= 15 is 0 Å². The van der Waals surface area contributed by atoms with E-state index in [9.17, 15) is 4.79 Å². The summed E-state index contributed by atoms with van der Waals surface area (Å²) in [6, 6.07) is 7.42. The second-order valence-corrected chi connectivity index (χ2v) is 5.99. The average molecular weight is 369 g/mol. The van der Waals surface area contributed by atoms with E-state index in [0.717, 1.165) is 36.9 Å². The number of hydrogen-bond acceptors (Lipinski definition) is 3. The van der Waals surface area contributed by atoms with Gasteiger partial charge in [0, 0.05) is 36.9 Å². The van der Waals surface area contributed by atoms with Gasteiger partial charge in [-0.3, -0.25) is 4.79 Å². The molecule has 1 amide bonds. The van der Waals surface area contributed by atoms with E-state index in [0.29, 0.717) is 0 Å². The Bertz CT molecular complexity index is 460. The average Bonchev–Trinajstić information content (AvgIpc) is 2.46. The lowest BCUT2D eigenvalue weighted by Crippen LogP contribution is -2.54. The second kappa shape index (κ2) is 9.46. The third-order valence-corrected chi connectivity index (χ3v) is 4.04. The van der Waals surface area contributed by atoms with Crippen LogP contribution in [-0.2, 0) is 4.79 Å².